The van der Waals surface area contributed by atoms with Gasteiger partial charge in [0.05, 0.1) is 25.4 Å². The van der Waals surface area contributed by atoms with Crippen molar-refractivity contribution in [3.8, 4) is 0 Å². The van der Waals surface area contributed by atoms with E-state index in [0.29, 0.717) is 57.2 Å². The monoisotopic (exact) mass is 377 g/mol. The van der Waals surface area contributed by atoms with Crippen LogP contribution in [0.3, 0.4) is 0 Å². The lowest BCUT2D eigenvalue weighted by atomic mass is 10.2. The zero-order valence-electron chi connectivity index (χ0n) is 16.6. The highest BCUT2D eigenvalue weighted by atomic mass is 16.6. The predicted molar refractivity (Wildman–Crippen MR) is 102 cm³/mol. The number of hydrogen-bond donors (Lipinski definition) is 1. The molecule has 2 heterocycles. The average Bonchev–Trinajstić information content (AvgIpc) is 3.39. The van der Waals surface area contributed by atoms with E-state index >= 15 is 0 Å². The van der Waals surface area contributed by atoms with Crippen LogP contribution in [0, 0.1) is 11.8 Å². The van der Waals surface area contributed by atoms with E-state index in [2.05, 4.69) is 22.2 Å². The lowest BCUT2D eigenvalue weighted by Gasteiger charge is -2.33. The highest BCUT2D eigenvalue weighted by molar-refractivity contribution is 5.91. The molecule has 27 heavy (non-hydrogen) atoms. The third-order valence-corrected chi connectivity index (χ3v) is 5.17. The Bertz CT molecular complexity index is 648. The largest absolute Gasteiger partial charge is 0.449 e. The van der Waals surface area contributed by atoms with Gasteiger partial charge >= 0.3 is 6.09 Å². The van der Waals surface area contributed by atoms with Crippen molar-refractivity contribution in [2.24, 2.45) is 11.8 Å². The molecule has 1 saturated carbocycles. The van der Waals surface area contributed by atoms with Crippen molar-refractivity contribution in [1.29, 1.82) is 0 Å². The summed E-state index contributed by atoms with van der Waals surface area (Å²) in [6.45, 7) is 9.44. The second-order valence-electron chi connectivity index (χ2n) is 8.02. The number of nitrogens with one attached hydrogen (secondary N) is 1. The molecule has 1 N–H and O–H groups in total. The summed E-state index contributed by atoms with van der Waals surface area (Å²) in [6.07, 6.45) is 3.94. The molecule has 0 radical (unpaired) electrons. The maximum Gasteiger partial charge on any atom is 0.409 e. The fraction of sp³-hybridized carbons (Fsp3) is 0.737. The number of carbonyl (C=O) groups is 2. The maximum atomic E-state index is 12.4. The van der Waals surface area contributed by atoms with Crippen molar-refractivity contribution in [2.75, 3.05) is 44.6 Å². The zero-order chi connectivity index (χ0) is 19.4. The van der Waals surface area contributed by atoms with Gasteiger partial charge in [0, 0.05) is 32.2 Å². The molecule has 1 saturated heterocycles. The van der Waals surface area contributed by atoms with E-state index in [4.69, 9.17) is 4.74 Å². The number of aromatic nitrogens is 2. The molecule has 8 heteroatoms. The van der Waals surface area contributed by atoms with Crippen LogP contribution < -0.4 is 5.32 Å². The first-order valence-corrected chi connectivity index (χ1v) is 9.91. The van der Waals surface area contributed by atoms with Gasteiger partial charge in [-0.2, -0.15) is 5.10 Å². The minimum atomic E-state index is -0.259. The summed E-state index contributed by atoms with van der Waals surface area (Å²) in [5.41, 5.74) is 0. The molecule has 0 bridgehead atoms. The molecule has 1 aliphatic carbocycles. The van der Waals surface area contributed by atoms with E-state index in [-0.39, 0.29) is 12.0 Å². The molecule has 0 spiro atoms. The zero-order valence-corrected chi connectivity index (χ0v) is 16.6. The van der Waals surface area contributed by atoms with E-state index in [0.717, 1.165) is 5.82 Å². The summed E-state index contributed by atoms with van der Waals surface area (Å²) in [5, 5.41) is 7.35. The first kappa shape index (κ1) is 19.7. The molecule has 2 fully saturated rings. The van der Waals surface area contributed by atoms with Crippen LogP contribution in [0.5, 0.6) is 0 Å². The summed E-state index contributed by atoms with van der Waals surface area (Å²) in [5.74, 6) is 1.71. The fourth-order valence-corrected chi connectivity index (χ4v) is 3.32. The van der Waals surface area contributed by atoms with E-state index in [1.54, 1.807) is 11.1 Å². The summed E-state index contributed by atoms with van der Waals surface area (Å²) in [6, 6.07) is 2.16. The number of anilines is 1. The van der Waals surface area contributed by atoms with Crippen molar-refractivity contribution in [2.45, 2.75) is 39.7 Å². The second kappa shape index (κ2) is 8.73. The summed E-state index contributed by atoms with van der Waals surface area (Å²) < 4.78 is 7.18. The molecule has 2 amide bonds. The lowest BCUT2D eigenvalue weighted by molar-refractivity contribution is -0.117. The highest BCUT2D eigenvalue weighted by Crippen LogP contribution is 2.40. The molecule has 0 aromatic carbocycles. The average molecular weight is 377 g/mol. The summed E-state index contributed by atoms with van der Waals surface area (Å²) in [7, 11) is 0. The van der Waals surface area contributed by atoms with Gasteiger partial charge in [-0.1, -0.05) is 13.8 Å². The number of nitrogens with zero attached hydrogens (tertiary/aromatic N) is 4. The number of hydrogen-bond acceptors (Lipinski definition) is 5. The van der Waals surface area contributed by atoms with Gasteiger partial charge in [0.15, 0.2) is 0 Å². The Hall–Kier alpha value is -2.09. The number of carbonyl (C=O) groups excluding carboxylic acids is 2. The number of amides is 2. The second-order valence-corrected chi connectivity index (χ2v) is 8.02. The van der Waals surface area contributed by atoms with Crippen molar-refractivity contribution >= 4 is 17.8 Å². The normalized spacial score (nSPS) is 19.2. The molecule has 1 atom stereocenters. The number of ether oxygens (including phenoxy) is 1. The molecule has 2 aliphatic rings. The molecule has 1 aromatic heterocycles. The molecule has 1 aliphatic heterocycles. The van der Waals surface area contributed by atoms with Crippen molar-refractivity contribution in [1.82, 2.24) is 19.6 Å². The maximum absolute atomic E-state index is 12.4. The van der Waals surface area contributed by atoms with Crippen LogP contribution in [0.25, 0.3) is 0 Å². The van der Waals surface area contributed by atoms with Crippen LogP contribution in [0.15, 0.2) is 12.3 Å². The van der Waals surface area contributed by atoms with Crippen molar-refractivity contribution < 1.29 is 14.3 Å². The van der Waals surface area contributed by atoms with E-state index in [1.807, 2.05) is 24.6 Å². The Morgan fingerprint density at radius 2 is 1.93 bits per heavy atom. The SMILES string of the molecule is CC(C)COC(=O)N1CCN(CC(=O)Nc2ccnn2C(C)C2CC2)CC1. The summed E-state index contributed by atoms with van der Waals surface area (Å²) in [4.78, 5) is 28.2. The molecule has 1 aromatic rings. The Morgan fingerprint density at radius 3 is 2.56 bits per heavy atom. The number of piperazine rings is 1. The predicted octanol–water partition coefficient (Wildman–Crippen LogP) is 2.20. The lowest BCUT2D eigenvalue weighted by Crippen LogP contribution is -2.50. The molecule has 8 nitrogen and oxygen atoms in total. The van der Waals surface area contributed by atoms with Crippen LogP contribution in [-0.4, -0.2) is 70.9 Å². The van der Waals surface area contributed by atoms with Gasteiger partial charge in [0.2, 0.25) is 5.91 Å². The Morgan fingerprint density at radius 1 is 1.22 bits per heavy atom. The minimum Gasteiger partial charge on any atom is -0.449 e. The highest BCUT2D eigenvalue weighted by Gasteiger charge is 2.31. The first-order chi connectivity index (χ1) is 12.9. The Balaban J connectivity index is 1.42. The molecule has 1 unspecified atom stereocenters. The van der Waals surface area contributed by atoms with Crippen LogP contribution in [0.4, 0.5) is 10.6 Å². The van der Waals surface area contributed by atoms with E-state index in [1.165, 1.54) is 12.8 Å². The van der Waals surface area contributed by atoms with Crippen molar-refractivity contribution in [3.63, 3.8) is 0 Å². The third-order valence-electron chi connectivity index (χ3n) is 5.17. The van der Waals surface area contributed by atoms with Gasteiger partial charge in [-0.05, 0) is 31.6 Å². The van der Waals surface area contributed by atoms with Crippen molar-refractivity contribution in [3.05, 3.63) is 12.3 Å². The van der Waals surface area contributed by atoms with E-state index < -0.39 is 0 Å². The van der Waals surface area contributed by atoms with Gasteiger partial charge < -0.3 is 15.0 Å². The fourth-order valence-electron chi connectivity index (χ4n) is 3.32. The van der Waals surface area contributed by atoms with Gasteiger partial charge in [-0.3, -0.25) is 9.69 Å². The van der Waals surface area contributed by atoms with Crippen LogP contribution in [0.2, 0.25) is 0 Å². The molecular weight excluding hydrogens is 346 g/mol. The molecule has 3 rings (SSSR count). The summed E-state index contributed by atoms with van der Waals surface area (Å²) >= 11 is 0. The smallest absolute Gasteiger partial charge is 0.409 e. The van der Waals surface area contributed by atoms with Crippen LogP contribution in [-0.2, 0) is 9.53 Å². The van der Waals surface area contributed by atoms with Gasteiger partial charge in [0.1, 0.15) is 5.82 Å². The minimum absolute atomic E-state index is 0.0458. The topological polar surface area (TPSA) is 79.7 Å². The standard InChI is InChI=1S/C19H31N5O3/c1-14(2)13-27-19(26)23-10-8-22(9-11-23)12-18(25)21-17-6-7-20-24(17)15(3)16-4-5-16/h6-7,14-16H,4-5,8-13H2,1-3H3,(H,21,25). The van der Waals surface area contributed by atoms with Gasteiger partial charge in [-0.15, -0.1) is 0 Å². The molecule has 150 valence electrons. The van der Waals surface area contributed by atoms with Crippen LogP contribution >= 0.6 is 0 Å². The van der Waals surface area contributed by atoms with Crippen LogP contribution in [0.1, 0.15) is 39.7 Å². The van der Waals surface area contributed by atoms with Gasteiger partial charge in [0.25, 0.3) is 0 Å². The third kappa shape index (κ3) is 5.45. The Kier molecular flexibility index (Phi) is 6.36. The first-order valence-electron chi connectivity index (χ1n) is 9.91. The van der Waals surface area contributed by atoms with Gasteiger partial charge in [-0.25, -0.2) is 9.48 Å². The molecular formula is C19H31N5O3. The quantitative estimate of drug-likeness (QED) is 0.788. The number of rotatable bonds is 7. The Labute approximate surface area is 160 Å². The van der Waals surface area contributed by atoms with E-state index in [9.17, 15) is 9.59 Å².